The number of ether oxygens (including phenoxy) is 3. The number of aliphatic hydroxyl groups excluding tert-OH is 1. The first-order valence-electron chi connectivity index (χ1n) is 11.7. The number of nitrogens with zero attached hydrogens (tertiary/aromatic N) is 1. The van der Waals surface area contributed by atoms with Crippen molar-refractivity contribution in [3.05, 3.63) is 74.6 Å². The number of aliphatic hydroxyl groups is 1. The average Bonchev–Trinajstić information content (AvgIpc) is 3.13. The van der Waals surface area contributed by atoms with Crippen LogP contribution in [0.1, 0.15) is 44.7 Å². The predicted octanol–water partition coefficient (Wildman–Crippen LogP) is 6.64. The van der Waals surface area contributed by atoms with E-state index in [1.54, 1.807) is 44.2 Å². The molecule has 2 aromatic rings. The Labute approximate surface area is 224 Å². The maximum atomic E-state index is 13.5. The number of esters is 1. The van der Waals surface area contributed by atoms with Gasteiger partial charge in [-0.1, -0.05) is 42.4 Å². The van der Waals surface area contributed by atoms with Gasteiger partial charge >= 0.3 is 5.97 Å². The molecule has 0 saturated heterocycles. The van der Waals surface area contributed by atoms with Crippen LogP contribution >= 0.6 is 23.4 Å². The molecule has 0 spiro atoms. The summed E-state index contributed by atoms with van der Waals surface area (Å²) >= 11 is 7.49. The molecule has 196 valence electrons. The first-order valence-corrected chi connectivity index (χ1v) is 12.9. The zero-order valence-corrected chi connectivity index (χ0v) is 22.2. The molecule has 0 fully saturated rings. The van der Waals surface area contributed by atoms with Crippen LogP contribution in [0.2, 0.25) is 5.02 Å². The smallest absolute Gasteiger partial charge is 0.344 e. The van der Waals surface area contributed by atoms with E-state index < -0.39 is 11.9 Å². The van der Waals surface area contributed by atoms with E-state index in [-0.39, 0.29) is 57.5 Å². The number of benzene rings is 2. The largest absolute Gasteiger partial charge is 0.506 e. The lowest BCUT2D eigenvalue weighted by Crippen LogP contribution is -2.14. The maximum absolute atomic E-state index is 13.5. The first kappa shape index (κ1) is 28.3. The van der Waals surface area contributed by atoms with Crippen LogP contribution in [0.25, 0.3) is 6.08 Å². The second-order valence-corrected chi connectivity index (χ2v) is 9.23. The minimum atomic E-state index is -0.770. The number of thioether (sulfide) groups is 1. The fraction of sp³-hybridized carbons (Fsp3) is 0.296. The van der Waals surface area contributed by atoms with E-state index in [9.17, 15) is 19.1 Å². The van der Waals surface area contributed by atoms with Crippen molar-refractivity contribution in [1.29, 1.82) is 0 Å². The van der Waals surface area contributed by atoms with E-state index in [4.69, 9.17) is 25.8 Å². The highest BCUT2D eigenvalue weighted by molar-refractivity contribution is 8.18. The molecule has 0 aromatic heterocycles. The topological polar surface area (TPSA) is 94.4 Å². The summed E-state index contributed by atoms with van der Waals surface area (Å²) < 4.78 is 30.1. The van der Waals surface area contributed by atoms with Crippen molar-refractivity contribution in [3.8, 4) is 11.5 Å². The van der Waals surface area contributed by atoms with Gasteiger partial charge in [0.1, 0.15) is 28.8 Å². The van der Waals surface area contributed by atoms with Crippen LogP contribution in [-0.4, -0.2) is 35.2 Å². The SMILES string of the molecule is CCCC(=O)N=C1S/C(=C\c2cc(Cl)c(OCc3cccc(F)c3)c(OCC)c2)C(O)=C1C(=O)OCC. The molecule has 1 amide bonds. The zero-order valence-electron chi connectivity index (χ0n) is 20.7. The van der Waals surface area contributed by atoms with Crippen LogP contribution in [0.4, 0.5) is 4.39 Å². The summed E-state index contributed by atoms with van der Waals surface area (Å²) in [6.45, 7) is 5.79. The van der Waals surface area contributed by atoms with E-state index in [0.29, 0.717) is 29.9 Å². The zero-order chi connectivity index (χ0) is 26.9. The Morgan fingerprint density at radius 2 is 1.92 bits per heavy atom. The third-order valence-electron chi connectivity index (χ3n) is 4.96. The standard InChI is InChI=1S/C27H27ClFNO6S/c1-4-8-22(31)30-26-23(27(33)35-6-3)24(32)21(37-26)14-17-12-19(28)25(20(13-17)34-5-2)36-15-16-9-7-10-18(29)11-16/h7,9-14,32H,4-6,8,15H2,1-3H3/b21-14-,30-26?. The molecule has 0 bridgehead atoms. The van der Waals surface area contributed by atoms with Gasteiger partial charge in [-0.25, -0.2) is 14.2 Å². The maximum Gasteiger partial charge on any atom is 0.344 e. The molecule has 2 aromatic carbocycles. The van der Waals surface area contributed by atoms with Crippen molar-refractivity contribution in [2.75, 3.05) is 13.2 Å². The fourth-order valence-electron chi connectivity index (χ4n) is 3.38. The molecule has 1 aliphatic heterocycles. The molecule has 3 rings (SSSR count). The number of amides is 1. The highest BCUT2D eigenvalue weighted by Gasteiger charge is 2.33. The first-order chi connectivity index (χ1) is 17.8. The normalized spacial score (nSPS) is 15.4. The van der Waals surface area contributed by atoms with Crippen molar-refractivity contribution >= 4 is 46.4 Å². The molecular formula is C27H27ClFNO6S. The van der Waals surface area contributed by atoms with Gasteiger partial charge in [0.25, 0.3) is 0 Å². The van der Waals surface area contributed by atoms with Crippen LogP contribution in [0, 0.1) is 5.82 Å². The molecule has 1 heterocycles. The molecular weight excluding hydrogens is 521 g/mol. The van der Waals surface area contributed by atoms with Crippen molar-refractivity contribution in [1.82, 2.24) is 0 Å². The van der Waals surface area contributed by atoms with E-state index >= 15 is 0 Å². The van der Waals surface area contributed by atoms with Crippen LogP contribution in [0.3, 0.4) is 0 Å². The Hall–Kier alpha value is -3.30. The van der Waals surface area contributed by atoms with Gasteiger partial charge in [0.05, 0.1) is 23.1 Å². The second-order valence-electron chi connectivity index (χ2n) is 7.80. The number of hydrogen-bond acceptors (Lipinski definition) is 7. The fourth-order valence-corrected chi connectivity index (χ4v) is 4.69. The number of aliphatic imine (C=N–C) groups is 1. The van der Waals surface area contributed by atoms with E-state index in [1.807, 2.05) is 6.92 Å². The molecule has 1 aliphatic rings. The van der Waals surface area contributed by atoms with Crippen LogP contribution in [-0.2, 0) is 20.9 Å². The molecule has 0 aliphatic carbocycles. The highest BCUT2D eigenvalue weighted by Crippen LogP contribution is 2.42. The van der Waals surface area contributed by atoms with E-state index in [0.717, 1.165) is 11.8 Å². The minimum Gasteiger partial charge on any atom is -0.506 e. The number of carbonyl (C=O) groups excluding carboxylic acids is 2. The van der Waals surface area contributed by atoms with Gasteiger partial charge < -0.3 is 19.3 Å². The Kier molecular flexibility index (Phi) is 10.2. The summed E-state index contributed by atoms with van der Waals surface area (Å²) in [6, 6.07) is 9.30. The van der Waals surface area contributed by atoms with Crippen molar-refractivity contribution in [2.24, 2.45) is 4.99 Å². The predicted molar refractivity (Wildman–Crippen MR) is 143 cm³/mol. The molecule has 10 heteroatoms. The highest BCUT2D eigenvalue weighted by atomic mass is 35.5. The quantitative estimate of drug-likeness (QED) is 0.333. The molecule has 0 atom stereocenters. The lowest BCUT2D eigenvalue weighted by Gasteiger charge is -2.15. The monoisotopic (exact) mass is 547 g/mol. The summed E-state index contributed by atoms with van der Waals surface area (Å²) in [5.74, 6) is -1.25. The molecule has 1 N–H and O–H groups in total. The van der Waals surface area contributed by atoms with Gasteiger partial charge in [-0.15, -0.1) is 0 Å². The lowest BCUT2D eigenvalue weighted by atomic mass is 10.1. The van der Waals surface area contributed by atoms with E-state index in [1.165, 1.54) is 12.1 Å². The summed E-state index contributed by atoms with van der Waals surface area (Å²) in [5.41, 5.74) is 1.01. The molecule has 0 saturated carbocycles. The Morgan fingerprint density at radius 3 is 2.59 bits per heavy atom. The van der Waals surface area contributed by atoms with Gasteiger partial charge in [-0.05, 0) is 61.7 Å². The van der Waals surface area contributed by atoms with Gasteiger partial charge in [-0.3, -0.25) is 4.79 Å². The van der Waals surface area contributed by atoms with E-state index in [2.05, 4.69) is 4.99 Å². The van der Waals surface area contributed by atoms with Crippen LogP contribution < -0.4 is 9.47 Å². The van der Waals surface area contributed by atoms with Crippen molar-refractivity contribution < 1.29 is 33.3 Å². The lowest BCUT2D eigenvalue weighted by molar-refractivity contribution is -0.138. The Morgan fingerprint density at radius 1 is 1.14 bits per heavy atom. The summed E-state index contributed by atoms with van der Waals surface area (Å²) in [5, 5.41) is 11.1. The molecule has 0 unspecified atom stereocenters. The van der Waals surface area contributed by atoms with Gasteiger partial charge in [0, 0.05) is 6.42 Å². The average molecular weight is 548 g/mol. The van der Waals surface area contributed by atoms with Gasteiger partial charge in [0.2, 0.25) is 5.91 Å². The van der Waals surface area contributed by atoms with Gasteiger partial charge in [0.15, 0.2) is 11.5 Å². The van der Waals surface area contributed by atoms with Crippen LogP contribution in [0.5, 0.6) is 11.5 Å². The van der Waals surface area contributed by atoms with Gasteiger partial charge in [-0.2, -0.15) is 0 Å². The second kappa shape index (κ2) is 13.3. The number of hydrogen-bond donors (Lipinski definition) is 1. The molecule has 7 nitrogen and oxygen atoms in total. The summed E-state index contributed by atoms with van der Waals surface area (Å²) in [4.78, 5) is 28.9. The Bertz CT molecular complexity index is 1270. The number of halogens is 2. The summed E-state index contributed by atoms with van der Waals surface area (Å²) in [7, 11) is 0. The molecule has 37 heavy (non-hydrogen) atoms. The Balaban J connectivity index is 1.96. The molecule has 0 radical (unpaired) electrons. The third kappa shape index (κ3) is 7.36. The van der Waals surface area contributed by atoms with Crippen molar-refractivity contribution in [3.63, 3.8) is 0 Å². The number of rotatable bonds is 10. The minimum absolute atomic E-state index is 0.0753. The summed E-state index contributed by atoms with van der Waals surface area (Å²) in [6.07, 6.45) is 2.40. The third-order valence-corrected chi connectivity index (χ3v) is 6.26. The number of carbonyl (C=O) groups is 2. The van der Waals surface area contributed by atoms with Crippen molar-refractivity contribution in [2.45, 2.75) is 40.2 Å². The van der Waals surface area contributed by atoms with Crippen LogP contribution in [0.15, 0.2) is 57.6 Å².